The van der Waals surface area contributed by atoms with Gasteiger partial charge in [0.15, 0.2) is 0 Å². The van der Waals surface area contributed by atoms with Crippen molar-refractivity contribution in [3.63, 3.8) is 0 Å². The van der Waals surface area contributed by atoms with Crippen molar-refractivity contribution in [2.24, 2.45) is 5.92 Å². The van der Waals surface area contributed by atoms with Gasteiger partial charge in [0, 0.05) is 17.8 Å². The van der Waals surface area contributed by atoms with Crippen molar-refractivity contribution < 1.29 is 4.39 Å². The van der Waals surface area contributed by atoms with Crippen LogP contribution in [0.2, 0.25) is 0 Å². The van der Waals surface area contributed by atoms with Gasteiger partial charge in [0.1, 0.15) is 5.82 Å². The fourth-order valence-electron chi connectivity index (χ4n) is 4.51. The van der Waals surface area contributed by atoms with Crippen molar-refractivity contribution in [2.45, 2.75) is 51.9 Å². The maximum absolute atomic E-state index is 15.0. The first-order valence-corrected chi connectivity index (χ1v) is 11.4. The van der Waals surface area contributed by atoms with Gasteiger partial charge < -0.3 is 5.32 Å². The molecule has 156 valence electrons. The molecule has 0 radical (unpaired) electrons. The number of anilines is 1. The van der Waals surface area contributed by atoms with Crippen molar-refractivity contribution in [3.8, 4) is 22.3 Å². The Labute approximate surface area is 180 Å². The van der Waals surface area contributed by atoms with Crippen LogP contribution in [0.4, 0.5) is 10.1 Å². The summed E-state index contributed by atoms with van der Waals surface area (Å²) in [6, 6.07) is 22.4. The predicted molar refractivity (Wildman–Crippen MR) is 126 cm³/mol. The zero-order valence-corrected chi connectivity index (χ0v) is 18.1. The third-order valence-corrected chi connectivity index (χ3v) is 6.48. The second kappa shape index (κ2) is 9.47. The summed E-state index contributed by atoms with van der Waals surface area (Å²) in [6.45, 7) is 5.46. The van der Waals surface area contributed by atoms with Gasteiger partial charge in [-0.3, -0.25) is 0 Å². The molecule has 0 saturated heterocycles. The van der Waals surface area contributed by atoms with E-state index in [0.29, 0.717) is 11.5 Å². The molecule has 4 rings (SSSR count). The van der Waals surface area contributed by atoms with E-state index in [2.05, 4.69) is 55.6 Å². The van der Waals surface area contributed by atoms with E-state index in [4.69, 9.17) is 0 Å². The van der Waals surface area contributed by atoms with Crippen molar-refractivity contribution >= 4 is 5.69 Å². The van der Waals surface area contributed by atoms with Crippen LogP contribution >= 0.6 is 0 Å². The number of hydrogen-bond donors (Lipinski definition) is 1. The number of hydrogen-bond acceptors (Lipinski definition) is 1. The summed E-state index contributed by atoms with van der Waals surface area (Å²) in [6.07, 6.45) is 6.28. The predicted octanol–water partition coefficient (Wildman–Crippen LogP) is 8.28. The van der Waals surface area contributed by atoms with Crippen LogP contribution in [0.15, 0.2) is 66.7 Å². The van der Waals surface area contributed by atoms with Gasteiger partial charge in [-0.15, -0.1) is 0 Å². The molecule has 1 aliphatic rings. The quantitative estimate of drug-likeness (QED) is 0.438. The molecule has 1 N–H and O–H groups in total. The van der Waals surface area contributed by atoms with E-state index in [9.17, 15) is 4.39 Å². The Balaban J connectivity index is 1.49. The minimum atomic E-state index is -0.167. The molecule has 1 aliphatic carbocycles. The summed E-state index contributed by atoms with van der Waals surface area (Å²) in [5.74, 6) is 1.36. The standard InChI is InChI=1S/C28H32FN/c1-3-18-30-26-15-12-23(13-16-26)25-14-17-27(28(29)19-25)24-10-8-22(9-11-24)21-6-4-20(2)5-7-21/h8-17,19-21,30H,3-7,18H2,1-2H3. The molecule has 1 fully saturated rings. The lowest BCUT2D eigenvalue weighted by atomic mass is 9.79. The normalized spacial score (nSPS) is 18.9. The maximum atomic E-state index is 15.0. The summed E-state index contributed by atoms with van der Waals surface area (Å²) >= 11 is 0. The minimum Gasteiger partial charge on any atom is -0.385 e. The summed E-state index contributed by atoms with van der Waals surface area (Å²) in [7, 11) is 0. The van der Waals surface area contributed by atoms with E-state index in [1.54, 1.807) is 6.07 Å². The lowest BCUT2D eigenvalue weighted by molar-refractivity contribution is 0.348. The van der Waals surface area contributed by atoms with Gasteiger partial charge in [0.05, 0.1) is 0 Å². The monoisotopic (exact) mass is 401 g/mol. The van der Waals surface area contributed by atoms with E-state index >= 15 is 0 Å². The lowest BCUT2D eigenvalue weighted by Crippen LogP contribution is -2.10. The van der Waals surface area contributed by atoms with Crippen LogP contribution in [0.5, 0.6) is 0 Å². The topological polar surface area (TPSA) is 12.0 Å². The highest BCUT2D eigenvalue weighted by atomic mass is 19.1. The van der Waals surface area contributed by atoms with E-state index < -0.39 is 0 Å². The lowest BCUT2D eigenvalue weighted by Gasteiger charge is -2.26. The number of benzene rings is 3. The molecule has 0 aliphatic heterocycles. The highest BCUT2D eigenvalue weighted by Gasteiger charge is 2.19. The molecule has 3 aromatic carbocycles. The first-order chi connectivity index (χ1) is 14.6. The third kappa shape index (κ3) is 4.75. The molecular formula is C28H32FN. The highest BCUT2D eigenvalue weighted by Crippen LogP contribution is 2.36. The Morgan fingerprint density at radius 1 is 0.800 bits per heavy atom. The van der Waals surface area contributed by atoms with Crippen LogP contribution in [0, 0.1) is 11.7 Å². The number of halogens is 1. The molecule has 0 atom stereocenters. The Bertz CT molecular complexity index is 951. The van der Waals surface area contributed by atoms with Crippen LogP contribution in [0.3, 0.4) is 0 Å². The fraction of sp³-hybridized carbons (Fsp3) is 0.357. The SMILES string of the molecule is CCCNc1ccc(-c2ccc(-c3ccc(C4CCC(C)CC4)cc3)c(F)c2)cc1. The zero-order valence-electron chi connectivity index (χ0n) is 18.1. The van der Waals surface area contributed by atoms with Crippen LogP contribution in [-0.2, 0) is 0 Å². The van der Waals surface area contributed by atoms with Crippen molar-refractivity contribution in [2.75, 3.05) is 11.9 Å². The van der Waals surface area contributed by atoms with Gasteiger partial charge in [0.25, 0.3) is 0 Å². The first-order valence-electron chi connectivity index (χ1n) is 11.4. The van der Waals surface area contributed by atoms with E-state index in [-0.39, 0.29) is 5.82 Å². The average molecular weight is 402 g/mol. The highest BCUT2D eigenvalue weighted by molar-refractivity contribution is 5.72. The van der Waals surface area contributed by atoms with Crippen LogP contribution in [-0.4, -0.2) is 6.54 Å². The van der Waals surface area contributed by atoms with Crippen LogP contribution in [0.1, 0.15) is 57.4 Å². The van der Waals surface area contributed by atoms with E-state index in [0.717, 1.165) is 41.3 Å². The molecule has 0 amide bonds. The van der Waals surface area contributed by atoms with Crippen molar-refractivity contribution in [1.82, 2.24) is 0 Å². The van der Waals surface area contributed by atoms with Crippen LogP contribution in [0.25, 0.3) is 22.3 Å². The molecule has 30 heavy (non-hydrogen) atoms. The molecule has 1 nitrogen and oxygen atoms in total. The number of rotatable bonds is 6. The molecular weight excluding hydrogens is 369 g/mol. The molecule has 2 heteroatoms. The summed E-state index contributed by atoms with van der Waals surface area (Å²) in [4.78, 5) is 0. The van der Waals surface area contributed by atoms with Crippen molar-refractivity contribution in [1.29, 1.82) is 0 Å². The Morgan fingerprint density at radius 2 is 1.43 bits per heavy atom. The van der Waals surface area contributed by atoms with Gasteiger partial charge in [0.2, 0.25) is 0 Å². The molecule has 0 bridgehead atoms. The van der Waals surface area contributed by atoms with E-state index in [1.807, 2.05) is 24.3 Å². The molecule has 0 heterocycles. The molecule has 3 aromatic rings. The maximum Gasteiger partial charge on any atom is 0.131 e. The molecule has 0 unspecified atom stereocenters. The molecule has 0 spiro atoms. The Kier molecular flexibility index (Phi) is 6.52. The molecule has 0 aromatic heterocycles. The number of nitrogens with one attached hydrogen (secondary N) is 1. The fourth-order valence-corrected chi connectivity index (χ4v) is 4.51. The molecule has 1 saturated carbocycles. The van der Waals surface area contributed by atoms with Crippen molar-refractivity contribution in [3.05, 3.63) is 78.1 Å². The van der Waals surface area contributed by atoms with Gasteiger partial charge in [-0.1, -0.05) is 75.2 Å². The van der Waals surface area contributed by atoms with Gasteiger partial charge in [-0.25, -0.2) is 4.39 Å². The third-order valence-electron chi connectivity index (χ3n) is 6.48. The van der Waals surface area contributed by atoms with Crippen LogP contribution < -0.4 is 5.32 Å². The second-order valence-electron chi connectivity index (χ2n) is 8.78. The summed E-state index contributed by atoms with van der Waals surface area (Å²) < 4.78 is 15.0. The second-order valence-corrected chi connectivity index (χ2v) is 8.78. The van der Waals surface area contributed by atoms with Gasteiger partial charge in [-0.2, -0.15) is 0 Å². The zero-order chi connectivity index (χ0) is 20.9. The summed E-state index contributed by atoms with van der Waals surface area (Å²) in [5.41, 5.74) is 6.06. The first kappa shape index (κ1) is 20.7. The Hall–Kier alpha value is -2.61. The average Bonchev–Trinajstić information content (AvgIpc) is 2.79. The summed E-state index contributed by atoms with van der Waals surface area (Å²) in [5, 5.41) is 3.37. The largest absolute Gasteiger partial charge is 0.385 e. The van der Waals surface area contributed by atoms with Gasteiger partial charge in [-0.05, 0) is 71.6 Å². The van der Waals surface area contributed by atoms with E-state index in [1.165, 1.54) is 31.2 Å². The van der Waals surface area contributed by atoms with Gasteiger partial charge >= 0.3 is 0 Å². The Morgan fingerprint density at radius 3 is 2.07 bits per heavy atom. The smallest absolute Gasteiger partial charge is 0.131 e. The minimum absolute atomic E-state index is 0.167.